The highest BCUT2D eigenvalue weighted by molar-refractivity contribution is 6.34. The van der Waals surface area contributed by atoms with E-state index in [0.717, 1.165) is 44.7 Å². The van der Waals surface area contributed by atoms with Gasteiger partial charge < -0.3 is 9.73 Å². The zero-order valence-corrected chi connectivity index (χ0v) is 24.8. The van der Waals surface area contributed by atoms with Crippen molar-refractivity contribution in [3.63, 3.8) is 0 Å². The molecule has 0 amide bonds. The van der Waals surface area contributed by atoms with Crippen molar-refractivity contribution in [1.29, 1.82) is 0 Å². The molecule has 4 nitrogen and oxygen atoms in total. The fraction of sp³-hybridized carbons (Fsp3) is 0.0976. The molecule has 1 N–H and O–H groups in total. The van der Waals surface area contributed by atoms with Gasteiger partial charge in [-0.2, -0.15) is 0 Å². The lowest BCUT2D eigenvalue weighted by atomic mass is 9.81. The number of nitrogens with zero attached hydrogens (tertiary/aromatic N) is 2. The summed E-state index contributed by atoms with van der Waals surface area (Å²) >= 11 is 0. The molecule has 0 bridgehead atoms. The van der Waals surface area contributed by atoms with E-state index >= 15 is 0 Å². The molecule has 0 fully saturated rings. The molecule has 1 atom stereocenters. The molecular weight excluding hydrogens is 550 g/mol. The first-order valence-electron chi connectivity index (χ1n) is 15.7. The van der Waals surface area contributed by atoms with E-state index in [-0.39, 0.29) is 11.5 Å². The minimum absolute atomic E-state index is 0.0453. The second-order valence-electron chi connectivity index (χ2n) is 13.2. The predicted octanol–water partition coefficient (Wildman–Crippen LogP) is 10.5. The normalized spacial score (nSPS) is 17.6. The highest BCUT2D eigenvalue weighted by Gasteiger charge is 2.35. The molecule has 0 radical (unpaired) electrons. The molecule has 1 unspecified atom stereocenters. The number of benzene rings is 5. The third-order valence-electron chi connectivity index (χ3n) is 10.5. The van der Waals surface area contributed by atoms with Crippen LogP contribution in [0.2, 0.25) is 0 Å². The molecule has 0 spiro atoms. The molecule has 3 aliphatic rings. The van der Waals surface area contributed by atoms with Gasteiger partial charge >= 0.3 is 0 Å². The van der Waals surface area contributed by atoms with Gasteiger partial charge in [0.2, 0.25) is 0 Å². The van der Waals surface area contributed by atoms with E-state index in [0.29, 0.717) is 0 Å². The van der Waals surface area contributed by atoms with Crippen molar-refractivity contribution in [1.82, 2.24) is 4.40 Å². The maximum atomic E-state index is 6.53. The van der Waals surface area contributed by atoms with E-state index in [2.05, 4.69) is 133 Å². The van der Waals surface area contributed by atoms with Gasteiger partial charge in [-0.1, -0.05) is 92.7 Å². The van der Waals surface area contributed by atoms with Crippen molar-refractivity contribution in [2.45, 2.75) is 25.3 Å². The monoisotopic (exact) mass is 577 g/mol. The number of anilines is 1. The Bertz CT molecular complexity index is 2710. The molecule has 212 valence electrons. The van der Waals surface area contributed by atoms with E-state index in [1.165, 1.54) is 55.1 Å². The second kappa shape index (κ2) is 7.91. The molecule has 3 aromatic heterocycles. The Morgan fingerprint density at radius 1 is 0.733 bits per heavy atom. The zero-order valence-electron chi connectivity index (χ0n) is 24.8. The highest BCUT2D eigenvalue weighted by Crippen LogP contribution is 2.52. The Morgan fingerprint density at radius 3 is 2.51 bits per heavy atom. The lowest BCUT2D eigenvalue weighted by Gasteiger charge is -2.23. The van der Waals surface area contributed by atoms with Gasteiger partial charge in [0.25, 0.3) is 0 Å². The van der Waals surface area contributed by atoms with Crippen LogP contribution < -0.4 is 5.32 Å². The second-order valence-corrected chi connectivity index (χ2v) is 13.2. The maximum absolute atomic E-state index is 6.53. The van der Waals surface area contributed by atoms with Crippen LogP contribution in [-0.4, -0.2) is 16.2 Å². The van der Waals surface area contributed by atoms with Crippen LogP contribution in [0, 0.1) is 0 Å². The average molecular weight is 578 g/mol. The number of hydrogen-bond donors (Lipinski definition) is 1. The number of furan rings is 1. The molecule has 45 heavy (non-hydrogen) atoms. The lowest BCUT2D eigenvalue weighted by molar-refractivity contribution is 0.660. The van der Waals surface area contributed by atoms with Crippen LogP contribution in [0.3, 0.4) is 0 Å². The Morgan fingerprint density at radius 2 is 1.56 bits per heavy atom. The summed E-state index contributed by atoms with van der Waals surface area (Å²) in [5.41, 5.74) is 14.2. The lowest BCUT2D eigenvalue weighted by Crippen LogP contribution is -2.29. The van der Waals surface area contributed by atoms with Crippen molar-refractivity contribution in [2.24, 2.45) is 4.99 Å². The van der Waals surface area contributed by atoms with Crippen molar-refractivity contribution in [3.05, 3.63) is 126 Å². The Labute approximate surface area is 258 Å². The number of aromatic nitrogens is 1. The summed E-state index contributed by atoms with van der Waals surface area (Å²) < 4.78 is 8.90. The summed E-state index contributed by atoms with van der Waals surface area (Å²) in [7, 11) is 0. The predicted molar refractivity (Wildman–Crippen MR) is 187 cm³/mol. The summed E-state index contributed by atoms with van der Waals surface area (Å²) in [5.74, 6) is 0.956. The topological polar surface area (TPSA) is 41.9 Å². The SMILES string of the molecule is CC1(C)c2ccccc2-c2ccc(-c3ccc4c(c3)c3c5c(cc6c7c(n4c63)N=C3C=CC=CC3N7)oc3ccccc35)cc21. The quantitative estimate of drug-likeness (QED) is 0.211. The first-order valence-corrected chi connectivity index (χ1v) is 15.7. The fourth-order valence-electron chi connectivity index (χ4n) is 8.42. The van der Waals surface area contributed by atoms with Crippen molar-refractivity contribution >= 4 is 66.3 Å². The largest absolute Gasteiger partial charge is 0.456 e. The van der Waals surface area contributed by atoms with Gasteiger partial charge in [0, 0.05) is 32.3 Å². The summed E-state index contributed by atoms with van der Waals surface area (Å²) in [6, 6.07) is 33.5. The first kappa shape index (κ1) is 23.8. The molecule has 8 aromatic rings. The molecule has 0 saturated carbocycles. The van der Waals surface area contributed by atoms with Crippen molar-refractivity contribution in [3.8, 4) is 22.3 Å². The van der Waals surface area contributed by atoms with E-state index in [4.69, 9.17) is 9.41 Å². The Kier molecular flexibility index (Phi) is 4.18. The van der Waals surface area contributed by atoms with E-state index in [9.17, 15) is 0 Å². The van der Waals surface area contributed by atoms with Crippen LogP contribution in [0.25, 0.3) is 71.4 Å². The molecular formula is C41H27N3O. The molecule has 2 aliphatic carbocycles. The third-order valence-corrected chi connectivity index (χ3v) is 10.5. The Hall–Kier alpha value is -5.61. The van der Waals surface area contributed by atoms with Gasteiger partial charge in [-0.3, -0.25) is 4.40 Å². The van der Waals surface area contributed by atoms with E-state index < -0.39 is 0 Å². The number of allylic oxidation sites excluding steroid dienone is 2. The standard InChI is InChI=1S/C41H27N3O/c1-41(2)29-11-5-3-9-24(29)25-17-15-23(20-30(25)41)22-16-18-33-27(19-22)37-36-26-10-4-8-14-34(26)45-35(36)21-28-38-40(44(33)39(28)37)43-32-13-7-6-12-31(32)42-38/h3-21,31,42H,1-2H3. The number of rotatable bonds is 1. The van der Waals surface area contributed by atoms with Crippen LogP contribution in [0.4, 0.5) is 11.5 Å². The van der Waals surface area contributed by atoms with E-state index in [1.807, 2.05) is 6.07 Å². The summed E-state index contributed by atoms with van der Waals surface area (Å²) in [5, 5.41) is 9.70. The number of aliphatic imine (C=N–C) groups is 1. The van der Waals surface area contributed by atoms with Gasteiger partial charge in [-0.15, -0.1) is 0 Å². The van der Waals surface area contributed by atoms with Gasteiger partial charge in [-0.05, 0) is 69.8 Å². The summed E-state index contributed by atoms with van der Waals surface area (Å²) in [6.45, 7) is 4.69. The molecule has 1 aliphatic heterocycles. The molecule has 0 saturated heterocycles. The van der Waals surface area contributed by atoms with Crippen LogP contribution in [0.15, 0.2) is 125 Å². The van der Waals surface area contributed by atoms with Gasteiger partial charge in [-0.25, -0.2) is 4.99 Å². The average Bonchev–Trinajstić information content (AvgIpc) is 3.77. The number of hydrogen-bond acceptors (Lipinski definition) is 3. The smallest absolute Gasteiger partial charge is 0.162 e. The third kappa shape index (κ3) is 2.86. The first-order chi connectivity index (χ1) is 22.1. The molecule has 4 heteroatoms. The van der Waals surface area contributed by atoms with Crippen LogP contribution >= 0.6 is 0 Å². The maximum Gasteiger partial charge on any atom is 0.162 e. The van der Waals surface area contributed by atoms with Crippen molar-refractivity contribution in [2.75, 3.05) is 5.32 Å². The summed E-state index contributed by atoms with van der Waals surface area (Å²) in [6.07, 6.45) is 8.44. The minimum Gasteiger partial charge on any atom is -0.456 e. The van der Waals surface area contributed by atoms with Crippen LogP contribution in [0.1, 0.15) is 25.0 Å². The van der Waals surface area contributed by atoms with Gasteiger partial charge in [0.15, 0.2) is 5.82 Å². The fourth-order valence-corrected chi connectivity index (χ4v) is 8.42. The van der Waals surface area contributed by atoms with Crippen LogP contribution in [-0.2, 0) is 5.41 Å². The van der Waals surface area contributed by atoms with Crippen molar-refractivity contribution < 1.29 is 4.42 Å². The number of para-hydroxylation sites is 1. The van der Waals surface area contributed by atoms with E-state index in [1.54, 1.807) is 0 Å². The molecule has 5 aromatic carbocycles. The molecule has 4 heterocycles. The van der Waals surface area contributed by atoms with Gasteiger partial charge in [0.1, 0.15) is 11.2 Å². The summed E-state index contributed by atoms with van der Waals surface area (Å²) in [4.78, 5) is 5.25. The number of nitrogens with one attached hydrogen (secondary N) is 1. The zero-order chi connectivity index (χ0) is 29.6. The molecule has 11 rings (SSSR count). The Balaban J connectivity index is 1.23. The van der Waals surface area contributed by atoms with Gasteiger partial charge in [0.05, 0.1) is 28.5 Å². The number of fused-ring (bicyclic) bond motifs is 14. The highest BCUT2D eigenvalue weighted by atomic mass is 16.3. The van der Waals surface area contributed by atoms with Crippen LogP contribution in [0.5, 0.6) is 0 Å². The minimum atomic E-state index is -0.0453.